The highest BCUT2D eigenvalue weighted by Gasteiger charge is 2.42. The van der Waals surface area contributed by atoms with E-state index >= 15 is 0 Å². The number of methoxy groups -OCH3 is 2. The Morgan fingerprint density at radius 2 is 1.50 bits per heavy atom. The Hall–Kier alpha value is -2.96. The Balaban J connectivity index is 2.13. The molecule has 1 aliphatic rings. The number of ether oxygens (including phenoxy) is 2. The van der Waals surface area contributed by atoms with Gasteiger partial charge in [0.15, 0.2) is 0 Å². The van der Waals surface area contributed by atoms with Crippen LogP contribution in [-0.4, -0.2) is 57.2 Å². The minimum atomic E-state index is -0.321. The van der Waals surface area contributed by atoms with Crippen LogP contribution in [0.2, 0.25) is 0 Å². The number of hydrogen-bond acceptors (Lipinski definition) is 5. The summed E-state index contributed by atoms with van der Waals surface area (Å²) in [5.41, 5.74) is 4.09. The van der Waals surface area contributed by atoms with E-state index in [0.29, 0.717) is 43.3 Å². The standard InChI is InChI=1S/C24H28N2O4/c1-17-10-11-20(18(2)16-17)26-23(27)21(19-8-6-5-7-9-19)22(24(26)28)25(12-14-29-3)13-15-30-4/h5-11,16H,12-15H2,1-4H3. The van der Waals surface area contributed by atoms with Gasteiger partial charge in [0.1, 0.15) is 5.70 Å². The molecule has 6 nitrogen and oxygen atoms in total. The number of amides is 2. The monoisotopic (exact) mass is 408 g/mol. The van der Waals surface area contributed by atoms with Crippen LogP contribution in [-0.2, 0) is 19.1 Å². The van der Waals surface area contributed by atoms with Crippen molar-refractivity contribution in [3.8, 4) is 0 Å². The number of nitrogens with zero attached hydrogens (tertiary/aromatic N) is 2. The number of imide groups is 1. The summed E-state index contributed by atoms with van der Waals surface area (Å²) in [4.78, 5) is 30.4. The molecule has 2 amide bonds. The van der Waals surface area contributed by atoms with Crippen LogP contribution in [0.25, 0.3) is 5.57 Å². The summed E-state index contributed by atoms with van der Waals surface area (Å²) in [6.45, 7) is 5.72. The summed E-state index contributed by atoms with van der Waals surface area (Å²) < 4.78 is 10.5. The molecule has 0 N–H and O–H groups in total. The maximum absolute atomic E-state index is 13.6. The first kappa shape index (κ1) is 21.7. The van der Waals surface area contributed by atoms with Gasteiger partial charge in [0.25, 0.3) is 11.8 Å². The summed E-state index contributed by atoms with van der Waals surface area (Å²) in [5.74, 6) is -0.633. The van der Waals surface area contributed by atoms with Crippen molar-refractivity contribution in [1.82, 2.24) is 4.90 Å². The van der Waals surface area contributed by atoms with Crippen molar-refractivity contribution in [1.29, 1.82) is 0 Å². The second-order valence-corrected chi connectivity index (χ2v) is 7.30. The lowest BCUT2D eigenvalue weighted by Gasteiger charge is -2.26. The van der Waals surface area contributed by atoms with Crippen LogP contribution >= 0.6 is 0 Å². The average molecular weight is 408 g/mol. The van der Waals surface area contributed by atoms with E-state index in [0.717, 1.165) is 16.7 Å². The molecule has 2 aromatic rings. The van der Waals surface area contributed by atoms with Crippen LogP contribution in [0.3, 0.4) is 0 Å². The molecule has 1 heterocycles. The predicted octanol–water partition coefficient (Wildman–Crippen LogP) is 3.18. The zero-order valence-corrected chi connectivity index (χ0v) is 18.0. The van der Waals surface area contributed by atoms with E-state index in [1.165, 1.54) is 4.90 Å². The van der Waals surface area contributed by atoms with Crippen molar-refractivity contribution in [2.45, 2.75) is 13.8 Å². The second kappa shape index (κ2) is 9.69. The first-order chi connectivity index (χ1) is 14.5. The summed E-state index contributed by atoms with van der Waals surface area (Å²) >= 11 is 0. The Morgan fingerprint density at radius 1 is 0.867 bits per heavy atom. The van der Waals surface area contributed by atoms with Gasteiger partial charge in [-0.05, 0) is 31.0 Å². The summed E-state index contributed by atoms with van der Waals surface area (Å²) in [6, 6.07) is 15.1. The Bertz CT molecular complexity index is 945. The Kier molecular flexibility index (Phi) is 7.03. The molecule has 1 aliphatic heterocycles. The van der Waals surface area contributed by atoms with Crippen molar-refractivity contribution < 1.29 is 19.1 Å². The normalized spacial score (nSPS) is 14.1. The smallest absolute Gasteiger partial charge is 0.282 e. The van der Waals surface area contributed by atoms with E-state index in [1.807, 2.05) is 67.3 Å². The molecule has 6 heteroatoms. The van der Waals surface area contributed by atoms with E-state index in [2.05, 4.69) is 0 Å². The molecule has 30 heavy (non-hydrogen) atoms. The van der Waals surface area contributed by atoms with Gasteiger partial charge < -0.3 is 14.4 Å². The number of carbonyl (C=O) groups excluding carboxylic acids is 2. The van der Waals surface area contributed by atoms with Gasteiger partial charge in [0.05, 0.1) is 24.5 Å². The molecule has 0 spiro atoms. The number of aryl methyl sites for hydroxylation is 2. The van der Waals surface area contributed by atoms with Crippen LogP contribution in [0.5, 0.6) is 0 Å². The zero-order valence-electron chi connectivity index (χ0n) is 18.0. The fourth-order valence-electron chi connectivity index (χ4n) is 3.69. The van der Waals surface area contributed by atoms with Crippen LogP contribution < -0.4 is 4.90 Å². The van der Waals surface area contributed by atoms with Crippen molar-refractivity contribution >= 4 is 23.1 Å². The van der Waals surface area contributed by atoms with Crippen LogP contribution in [0, 0.1) is 13.8 Å². The summed E-state index contributed by atoms with van der Waals surface area (Å²) in [5, 5.41) is 0. The van der Waals surface area contributed by atoms with Gasteiger partial charge in [-0.25, -0.2) is 4.90 Å². The number of benzene rings is 2. The molecule has 0 fully saturated rings. The maximum atomic E-state index is 13.6. The van der Waals surface area contributed by atoms with E-state index < -0.39 is 0 Å². The third kappa shape index (κ3) is 4.30. The number of rotatable bonds is 9. The molecule has 0 unspecified atom stereocenters. The van der Waals surface area contributed by atoms with Crippen molar-refractivity contribution in [2.75, 3.05) is 45.4 Å². The van der Waals surface area contributed by atoms with E-state index in [9.17, 15) is 9.59 Å². The molecule has 0 atom stereocenters. The number of carbonyl (C=O) groups is 2. The highest BCUT2D eigenvalue weighted by molar-refractivity contribution is 6.45. The molecule has 0 radical (unpaired) electrons. The lowest BCUT2D eigenvalue weighted by molar-refractivity contribution is -0.120. The molecule has 158 valence electrons. The molecule has 0 bridgehead atoms. The van der Waals surface area contributed by atoms with Gasteiger partial charge in [-0.1, -0.05) is 48.0 Å². The SMILES string of the molecule is COCCN(CCOC)C1=C(c2ccccc2)C(=O)N(c2ccc(C)cc2C)C1=O. The van der Waals surface area contributed by atoms with Crippen molar-refractivity contribution in [2.24, 2.45) is 0 Å². The molecule has 3 rings (SSSR count). The highest BCUT2D eigenvalue weighted by atomic mass is 16.5. The third-order valence-corrected chi connectivity index (χ3v) is 5.16. The molecule has 0 aromatic heterocycles. The molecule has 0 aliphatic carbocycles. The zero-order chi connectivity index (χ0) is 21.7. The molecular formula is C24H28N2O4. The topological polar surface area (TPSA) is 59.1 Å². The van der Waals surface area contributed by atoms with E-state index in [-0.39, 0.29) is 11.8 Å². The molecular weight excluding hydrogens is 380 g/mol. The first-order valence-electron chi connectivity index (χ1n) is 9.98. The van der Waals surface area contributed by atoms with Crippen molar-refractivity contribution in [3.63, 3.8) is 0 Å². The van der Waals surface area contributed by atoms with Crippen LogP contribution in [0.4, 0.5) is 5.69 Å². The minimum Gasteiger partial charge on any atom is -0.383 e. The van der Waals surface area contributed by atoms with Gasteiger partial charge in [-0.2, -0.15) is 0 Å². The molecule has 2 aromatic carbocycles. The molecule has 0 saturated carbocycles. The largest absolute Gasteiger partial charge is 0.383 e. The van der Waals surface area contributed by atoms with Gasteiger partial charge >= 0.3 is 0 Å². The minimum absolute atomic E-state index is 0.312. The Labute approximate surface area is 177 Å². The van der Waals surface area contributed by atoms with E-state index in [4.69, 9.17) is 9.47 Å². The van der Waals surface area contributed by atoms with Crippen molar-refractivity contribution in [3.05, 3.63) is 70.9 Å². The second-order valence-electron chi connectivity index (χ2n) is 7.30. The lowest BCUT2D eigenvalue weighted by atomic mass is 10.0. The number of hydrogen-bond donors (Lipinski definition) is 0. The van der Waals surface area contributed by atoms with Crippen LogP contribution in [0.1, 0.15) is 16.7 Å². The predicted molar refractivity (Wildman–Crippen MR) is 117 cm³/mol. The van der Waals surface area contributed by atoms with Gasteiger partial charge in [-0.15, -0.1) is 0 Å². The van der Waals surface area contributed by atoms with Crippen LogP contribution in [0.15, 0.2) is 54.2 Å². The number of anilines is 1. The summed E-state index contributed by atoms with van der Waals surface area (Å²) in [7, 11) is 3.23. The highest BCUT2D eigenvalue weighted by Crippen LogP contribution is 2.36. The maximum Gasteiger partial charge on any atom is 0.282 e. The van der Waals surface area contributed by atoms with Gasteiger partial charge in [0.2, 0.25) is 0 Å². The lowest BCUT2D eigenvalue weighted by Crippen LogP contribution is -2.38. The van der Waals surface area contributed by atoms with E-state index in [1.54, 1.807) is 14.2 Å². The quantitative estimate of drug-likeness (QED) is 0.597. The fourth-order valence-corrected chi connectivity index (χ4v) is 3.69. The third-order valence-electron chi connectivity index (χ3n) is 5.16. The average Bonchev–Trinajstić information content (AvgIpc) is 2.99. The van der Waals surface area contributed by atoms with Gasteiger partial charge in [0, 0.05) is 27.3 Å². The van der Waals surface area contributed by atoms with Gasteiger partial charge in [-0.3, -0.25) is 9.59 Å². The Morgan fingerprint density at radius 3 is 2.07 bits per heavy atom. The molecule has 0 saturated heterocycles. The fraction of sp³-hybridized carbons (Fsp3) is 0.333. The summed E-state index contributed by atoms with van der Waals surface area (Å²) in [6.07, 6.45) is 0. The first-order valence-corrected chi connectivity index (χ1v) is 9.98.